The van der Waals surface area contributed by atoms with E-state index in [0.29, 0.717) is 16.7 Å². The van der Waals surface area contributed by atoms with Gasteiger partial charge in [-0.2, -0.15) is 0 Å². The lowest BCUT2D eigenvalue weighted by atomic mass is 9.44. The number of hydrogen-bond donors (Lipinski definition) is 2. The average Bonchev–Trinajstić information content (AvgIpc) is 2.98. The van der Waals surface area contributed by atoms with Crippen LogP contribution in [0.3, 0.4) is 0 Å². The lowest BCUT2D eigenvalue weighted by Crippen LogP contribution is -2.53. The standard InChI is InChI=1S/C24H38O3/c1-15(14-21(25)22(26)27)18-9-10-19-17-8-7-16-6-4-5-12-23(16,2)20(17)11-13-24(18,19)3/h14-20,25H,4-13H2,1-3H3,(H,26,27)/t15?,16?,17-,18+,19-,20-,23-,24+/m0/s1. The Bertz CT molecular complexity index is 625. The lowest BCUT2D eigenvalue weighted by Gasteiger charge is -2.60. The second-order valence-corrected chi connectivity index (χ2v) is 10.8. The third-order valence-electron chi connectivity index (χ3n) is 9.93. The first-order valence-electron chi connectivity index (χ1n) is 11.4. The number of aliphatic carboxylic acids is 1. The molecule has 0 amide bonds. The third-order valence-corrected chi connectivity index (χ3v) is 9.93. The van der Waals surface area contributed by atoms with E-state index in [-0.39, 0.29) is 5.92 Å². The van der Waals surface area contributed by atoms with Crippen molar-refractivity contribution in [1.29, 1.82) is 0 Å². The minimum Gasteiger partial charge on any atom is -0.502 e. The van der Waals surface area contributed by atoms with Gasteiger partial charge in [0.25, 0.3) is 0 Å². The molecule has 4 aliphatic rings. The van der Waals surface area contributed by atoms with Crippen molar-refractivity contribution >= 4 is 5.97 Å². The molecule has 0 spiro atoms. The fourth-order valence-corrected chi connectivity index (χ4v) is 8.64. The molecule has 0 aromatic heterocycles. The fourth-order valence-electron chi connectivity index (χ4n) is 8.64. The van der Waals surface area contributed by atoms with Crippen LogP contribution >= 0.6 is 0 Å². The summed E-state index contributed by atoms with van der Waals surface area (Å²) in [5.74, 6) is 2.50. The second-order valence-electron chi connectivity index (χ2n) is 10.8. The molecule has 0 aromatic rings. The van der Waals surface area contributed by atoms with Crippen molar-refractivity contribution in [2.75, 3.05) is 0 Å². The first kappa shape index (κ1) is 19.3. The monoisotopic (exact) mass is 374 g/mol. The Morgan fingerprint density at radius 2 is 1.67 bits per heavy atom. The van der Waals surface area contributed by atoms with Gasteiger partial charge in [-0.25, -0.2) is 4.79 Å². The summed E-state index contributed by atoms with van der Waals surface area (Å²) < 4.78 is 0. The molecule has 27 heavy (non-hydrogen) atoms. The Labute approximate surface area is 164 Å². The summed E-state index contributed by atoms with van der Waals surface area (Å²) >= 11 is 0. The number of hydrogen-bond acceptors (Lipinski definition) is 2. The lowest BCUT2D eigenvalue weighted by molar-refractivity contribution is -0.135. The van der Waals surface area contributed by atoms with Gasteiger partial charge in [-0.05, 0) is 104 Å². The van der Waals surface area contributed by atoms with E-state index >= 15 is 0 Å². The van der Waals surface area contributed by atoms with E-state index in [0.717, 1.165) is 23.7 Å². The number of rotatable bonds is 3. The van der Waals surface area contributed by atoms with E-state index < -0.39 is 11.7 Å². The number of allylic oxidation sites excluding steroid dienone is 1. The molecule has 0 radical (unpaired) electrons. The molecule has 0 saturated heterocycles. The third kappa shape index (κ3) is 2.95. The maximum Gasteiger partial charge on any atom is 0.370 e. The van der Waals surface area contributed by atoms with Gasteiger partial charge in [0.1, 0.15) is 0 Å². The molecule has 0 heterocycles. The normalized spacial score (nSPS) is 48.3. The fraction of sp³-hybridized carbons (Fsp3) is 0.875. The summed E-state index contributed by atoms with van der Waals surface area (Å²) in [5.41, 5.74) is 0.890. The van der Waals surface area contributed by atoms with Crippen molar-refractivity contribution in [1.82, 2.24) is 0 Å². The molecule has 4 saturated carbocycles. The molecule has 4 fully saturated rings. The van der Waals surface area contributed by atoms with Crippen molar-refractivity contribution in [2.45, 2.75) is 85.0 Å². The van der Waals surface area contributed by atoms with Crippen LogP contribution < -0.4 is 0 Å². The van der Waals surface area contributed by atoms with Crippen LogP contribution in [0, 0.1) is 46.3 Å². The highest BCUT2D eigenvalue weighted by Crippen LogP contribution is 2.68. The maximum atomic E-state index is 11.1. The minimum absolute atomic E-state index is 0.134. The summed E-state index contributed by atoms with van der Waals surface area (Å²) in [6, 6.07) is 0. The van der Waals surface area contributed by atoms with Crippen LogP contribution in [-0.2, 0) is 4.79 Å². The summed E-state index contributed by atoms with van der Waals surface area (Å²) in [7, 11) is 0. The van der Waals surface area contributed by atoms with Crippen LogP contribution in [0.1, 0.15) is 85.0 Å². The number of carboxylic acids is 1. The number of aliphatic hydroxyl groups excluding tert-OH is 1. The van der Waals surface area contributed by atoms with Crippen LogP contribution in [0.25, 0.3) is 0 Å². The van der Waals surface area contributed by atoms with E-state index in [1.165, 1.54) is 64.2 Å². The van der Waals surface area contributed by atoms with E-state index in [4.69, 9.17) is 5.11 Å². The van der Waals surface area contributed by atoms with Gasteiger partial charge < -0.3 is 10.2 Å². The number of carboxylic acid groups (broad SMARTS) is 1. The molecule has 0 bridgehead atoms. The molecular weight excluding hydrogens is 336 g/mol. The van der Waals surface area contributed by atoms with Crippen molar-refractivity contribution in [3.8, 4) is 0 Å². The predicted molar refractivity (Wildman–Crippen MR) is 107 cm³/mol. The van der Waals surface area contributed by atoms with E-state index in [9.17, 15) is 9.90 Å². The van der Waals surface area contributed by atoms with Crippen LogP contribution in [0.15, 0.2) is 11.8 Å². The highest BCUT2D eigenvalue weighted by Gasteiger charge is 2.60. The van der Waals surface area contributed by atoms with Gasteiger partial charge in [0.15, 0.2) is 5.76 Å². The molecule has 3 nitrogen and oxygen atoms in total. The number of carbonyl (C=O) groups is 1. The van der Waals surface area contributed by atoms with Crippen molar-refractivity contribution in [3.63, 3.8) is 0 Å². The molecule has 4 aliphatic carbocycles. The molecule has 2 N–H and O–H groups in total. The molecular formula is C24H38O3. The molecule has 0 aromatic carbocycles. The summed E-state index contributed by atoms with van der Waals surface area (Å²) in [6.07, 6.45) is 15.4. The van der Waals surface area contributed by atoms with E-state index in [1.54, 1.807) is 6.08 Å². The zero-order chi connectivity index (χ0) is 19.4. The zero-order valence-corrected chi connectivity index (χ0v) is 17.4. The van der Waals surface area contributed by atoms with Gasteiger partial charge in [0.05, 0.1) is 0 Å². The Morgan fingerprint density at radius 3 is 2.41 bits per heavy atom. The average molecular weight is 375 g/mol. The summed E-state index contributed by atoms with van der Waals surface area (Å²) in [5, 5.41) is 18.8. The Kier molecular flexibility index (Phi) is 4.88. The van der Waals surface area contributed by atoms with E-state index in [2.05, 4.69) is 20.8 Å². The quantitative estimate of drug-likeness (QED) is 0.457. The summed E-state index contributed by atoms with van der Waals surface area (Å²) in [4.78, 5) is 11.1. The first-order valence-corrected chi connectivity index (χ1v) is 11.4. The highest BCUT2D eigenvalue weighted by atomic mass is 16.4. The van der Waals surface area contributed by atoms with E-state index in [1.807, 2.05) is 0 Å². The smallest absolute Gasteiger partial charge is 0.370 e. The van der Waals surface area contributed by atoms with Crippen molar-refractivity contribution in [3.05, 3.63) is 11.8 Å². The topological polar surface area (TPSA) is 57.5 Å². The van der Waals surface area contributed by atoms with Crippen LogP contribution in [0.5, 0.6) is 0 Å². The van der Waals surface area contributed by atoms with Gasteiger partial charge in [-0.3, -0.25) is 0 Å². The van der Waals surface area contributed by atoms with Crippen molar-refractivity contribution < 1.29 is 15.0 Å². The molecule has 8 atom stereocenters. The second kappa shape index (κ2) is 6.81. The molecule has 0 aliphatic heterocycles. The van der Waals surface area contributed by atoms with Gasteiger partial charge in [0, 0.05) is 0 Å². The largest absolute Gasteiger partial charge is 0.502 e. The van der Waals surface area contributed by atoms with Gasteiger partial charge in [-0.1, -0.05) is 33.6 Å². The van der Waals surface area contributed by atoms with Crippen LogP contribution in [0.4, 0.5) is 0 Å². The molecule has 3 heteroatoms. The predicted octanol–water partition coefficient (Wildman–Crippen LogP) is 6.20. The van der Waals surface area contributed by atoms with Crippen molar-refractivity contribution in [2.24, 2.45) is 46.3 Å². The molecule has 152 valence electrons. The van der Waals surface area contributed by atoms with Crippen LogP contribution in [0.2, 0.25) is 0 Å². The summed E-state index contributed by atoms with van der Waals surface area (Å²) in [6.45, 7) is 7.23. The molecule has 2 unspecified atom stereocenters. The van der Waals surface area contributed by atoms with Gasteiger partial charge in [-0.15, -0.1) is 0 Å². The number of fused-ring (bicyclic) bond motifs is 5. The zero-order valence-electron chi connectivity index (χ0n) is 17.4. The highest BCUT2D eigenvalue weighted by molar-refractivity contribution is 5.83. The first-order chi connectivity index (χ1) is 12.8. The van der Waals surface area contributed by atoms with Gasteiger partial charge >= 0.3 is 5.97 Å². The van der Waals surface area contributed by atoms with Crippen LogP contribution in [-0.4, -0.2) is 16.2 Å². The number of aliphatic hydroxyl groups is 1. The Hall–Kier alpha value is -0.990. The minimum atomic E-state index is -1.20. The molecule has 4 rings (SSSR count). The Balaban J connectivity index is 1.56. The Morgan fingerprint density at radius 1 is 0.926 bits per heavy atom. The SMILES string of the molecule is CC(C=C(O)C(=O)O)[C@H]1CC[C@H]2[C@@H]3CCC4CCCC[C@]4(C)[C@H]3CC[C@]12C. The maximum absolute atomic E-state index is 11.1. The van der Waals surface area contributed by atoms with Gasteiger partial charge in [0.2, 0.25) is 0 Å².